The molecule has 158 valence electrons. The van der Waals surface area contributed by atoms with Crippen molar-refractivity contribution in [1.82, 2.24) is 9.55 Å². The number of anilines is 1. The number of aromatic nitrogens is 2. The van der Waals surface area contributed by atoms with Gasteiger partial charge in [0.2, 0.25) is 5.91 Å². The maximum absolute atomic E-state index is 13.2. The standard InChI is InChI=1S/C24H29N3O2S/c1-14-6-8-17(10-15(14)2)26-20(28)12-27-13-25-22-21(23(27)29)18-9-7-16(24(3,4)5)11-19(18)30-22/h6,8,10,13,16H,7,9,11-12H2,1-5H3,(H,26,28)/t16-/m1/s1. The predicted molar refractivity (Wildman–Crippen MR) is 123 cm³/mol. The first-order valence-electron chi connectivity index (χ1n) is 10.5. The molecule has 1 aliphatic carbocycles. The van der Waals surface area contributed by atoms with E-state index in [1.54, 1.807) is 11.3 Å². The van der Waals surface area contributed by atoms with E-state index in [1.807, 2.05) is 32.0 Å². The summed E-state index contributed by atoms with van der Waals surface area (Å²) in [5, 5.41) is 3.60. The maximum Gasteiger partial charge on any atom is 0.262 e. The Bertz CT molecular complexity index is 1180. The lowest BCUT2D eigenvalue weighted by Crippen LogP contribution is -2.29. The predicted octanol–water partition coefficient (Wildman–Crippen LogP) is 4.86. The van der Waals surface area contributed by atoms with Crippen LogP contribution < -0.4 is 10.9 Å². The van der Waals surface area contributed by atoms with Crippen molar-refractivity contribution in [2.24, 2.45) is 11.3 Å². The monoisotopic (exact) mass is 423 g/mol. The molecule has 0 radical (unpaired) electrons. The van der Waals surface area contributed by atoms with E-state index >= 15 is 0 Å². The Balaban J connectivity index is 1.59. The lowest BCUT2D eigenvalue weighted by molar-refractivity contribution is -0.116. The molecule has 2 aromatic heterocycles. The molecule has 1 aliphatic rings. The van der Waals surface area contributed by atoms with E-state index in [1.165, 1.54) is 21.3 Å². The number of carbonyl (C=O) groups excluding carboxylic acids is 1. The number of nitrogens with zero attached hydrogens (tertiary/aromatic N) is 2. The molecule has 4 rings (SSSR count). The summed E-state index contributed by atoms with van der Waals surface area (Å²) in [5.41, 5.74) is 4.33. The topological polar surface area (TPSA) is 64.0 Å². The summed E-state index contributed by atoms with van der Waals surface area (Å²) in [6, 6.07) is 5.80. The van der Waals surface area contributed by atoms with Crippen LogP contribution in [0.5, 0.6) is 0 Å². The second kappa shape index (κ2) is 7.65. The molecule has 5 nitrogen and oxygen atoms in total. The van der Waals surface area contributed by atoms with E-state index in [-0.39, 0.29) is 23.4 Å². The van der Waals surface area contributed by atoms with Gasteiger partial charge in [0.05, 0.1) is 11.7 Å². The van der Waals surface area contributed by atoms with Gasteiger partial charge in [0.1, 0.15) is 11.4 Å². The highest BCUT2D eigenvalue weighted by molar-refractivity contribution is 7.18. The van der Waals surface area contributed by atoms with Crippen molar-refractivity contribution in [1.29, 1.82) is 0 Å². The van der Waals surface area contributed by atoms with Crippen LogP contribution in [0.15, 0.2) is 29.3 Å². The minimum atomic E-state index is -0.224. The van der Waals surface area contributed by atoms with E-state index in [4.69, 9.17) is 0 Å². The van der Waals surface area contributed by atoms with Gasteiger partial charge >= 0.3 is 0 Å². The average Bonchev–Trinajstić information content (AvgIpc) is 3.05. The van der Waals surface area contributed by atoms with E-state index in [0.717, 1.165) is 40.9 Å². The van der Waals surface area contributed by atoms with Crippen molar-refractivity contribution < 1.29 is 4.79 Å². The molecule has 2 heterocycles. The van der Waals surface area contributed by atoms with Crippen LogP contribution in [0.2, 0.25) is 0 Å². The number of thiophene rings is 1. The Morgan fingerprint density at radius 1 is 1.27 bits per heavy atom. The molecule has 1 aromatic carbocycles. The van der Waals surface area contributed by atoms with Crippen molar-refractivity contribution in [3.8, 4) is 0 Å². The Kier molecular flexibility index (Phi) is 5.30. The Morgan fingerprint density at radius 2 is 2.03 bits per heavy atom. The molecule has 0 spiro atoms. The summed E-state index contributed by atoms with van der Waals surface area (Å²) < 4.78 is 1.43. The van der Waals surface area contributed by atoms with Gasteiger partial charge in [-0.25, -0.2) is 4.98 Å². The van der Waals surface area contributed by atoms with Gasteiger partial charge in [-0.2, -0.15) is 0 Å². The zero-order valence-electron chi connectivity index (χ0n) is 18.3. The summed E-state index contributed by atoms with van der Waals surface area (Å²) >= 11 is 1.64. The highest BCUT2D eigenvalue weighted by Crippen LogP contribution is 2.41. The molecule has 0 saturated heterocycles. The van der Waals surface area contributed by atoms with Crippen LogP contribution in [-0.2, 0) is 24.2 Å². The zero-order valence-corrected chi connectivity index (χ0v) is 19.2. The third kappa shape index (κ3) is 3.93. The number of carbonyl (C=O) groups is 1. The SMILES string of the molecule is Cc1ccc(NC(=O)Cn2cnc3sc4c(c3c2=O)CC[C@@H](C(C)(C)C)C4)cc1C. The number of fused-ring (bicyclic) bond motifs is 3. The number of aryl methyl sites for hydroxylation is 3. The van der Waals surface area contributed by atoms with Crippen LogP contribution in [0.4, 0.5) is 5.69 Å². The molecule has 0 bridgehead atoms. The molecule has 0 saturated carbocycles. The van der Waals surface area contributed by atoms with Gasteiger partial charge < -0.3 is 5.32 Å². The summed E-state index contributed by atoms with van der Waals surface area (Å²) in [5.74, 6) is 0.391. The quantitative estimate of drug-likeness (QED) is 0.654. The van der Waals surface area contributed by atoms with Gasteiger partial charge in [0.25, 0.3) is 5.56 Å². The van der Waals surface area contributed by atoms with Gasteiger partial charge in [-0.3, -0.25) is 14.2 Å². The fourth-order valence-electron chi connectivity index (χ4n) is 4.23. The Hall–Kier alpha value is -2.47. The van der Waals surface area contributed by atoms with E-state index in [0.29, 0.717) is 11.3 Å². The van der Waals surface area contributed by atoms with Gasteiger partial charge in [-0.1, -0.05) is 26.8 Å². The summed E-state index contributed by atoms with van der Waals surface area (Å²) in [6.07, 6.45) is 4.51. The molecule has 3 aromatic rings. The molecule has 1 N–H and O–H groups in total. The second-order valence-corrected chi connectivity index (χ2v) is 10.6. The van der Waals surface area contributed by atoms with Crippen LogP contribution >= 0.6 is 11.3 Å². The molecule has 30 heavy (non-hydrogen) atoms. The minimum absolute atomic E-state index is 0.0378. The van der Waals surface area contributed by atoms with Gasteiger partial charge in [-0.05, 0) is 73.3 Å². The first-order chi connectivity index (χ1) is 14.1. The third-order valence-corrected chi connectivity index (χ3v) is 7.53. The third-order valence-electron chi connectivity index (χ3n) is 6.37. The van der Waals surface area contributed by atoms with E-state index < -0.39 is 0 Å². The fourth-order valence-corrected chi connectivity index (χ4v) is 5.49. The first-order valence-corrected chi connectivity index (χ1v) is 11.3. The molecule has 1 amide bonds. The lowest BCUT2D eigenvalue weighted by Gasteiger charge is -2.33. The minimum Gasteiger partial charge on any atom is -0.325 e. The van der Waals surface area contributed by atoms with Crippen molar-refractivity contribution >= 4 is 33.1 Å². The highest BCUT2D eigenvalue weighted by atomic mass is 32.1. The molecule has 1 atom stereocenters. The van der Waals surface area contributed by atoms with E-state index in [9.17, 15) is 9.59 Å². The normalized spacial score (nSPS) is 16.5. The first kappa shape index (κ1) is 20.8. The van der Waals surface area contributed by atoms with Crippen molar-refractivity contribution in [3.05, 3.63) is 56.4 Å². The number of rotatable bonds is 3. The molecular weight excluding hydrogens is 394 g/mol. The van der Waals surface area contributed by atoms with Crippen molar-refractivity contribution in [2.45, 2.75) is 60.4 Å². The van der Waals surface area contributed by atoms with E-state index in [2.05, 4.69) is 31.1 Å². The fraction of sp³-hybridized carbons (Fsp3) is 0.458. The molecule has 0 fully saturated rings. The number of benzene rings is 1. The second-order valence-electron chi connectivity index (χ2n) is 9.51. The molecule has 0 aliphatic heterocycles. The molecule has 6 heteroatoms. The van der Waals surface area contributed by atoms with Crippen LogP contribution in [0.25, 0.3) is 10.2 Å². The van der Waals surface area contributed by atoms with Crippen LogP contribution in [0.1, 0.15) is 48.8 Å². The van der Waals surface area contributed by atoms with Crippen molar-refractivity contribution in [3.63, 3.8) is 0 Å². The average molecular weight is 424 g/mol. The highest BCUT2D eigenvalue weighted by Gasteiger charge is 2.31. The molecular formula is C24H29N3O2S. The van der Waals surface area contributed by atoms with Crippen LogP contribution in [-0.4, -0.2) is 15.5 Å². The van der Waals surface area contributed by atoms with Gasteiger partial charge in [-0.15, -0.1) is 11.3 Å². The number of hydrogen-bond donors (Lipinski definition) is 1. The number of amides is 1. The smallest absolute Gasteiger partial charge is 0.262 e. The van der Waals surface area contributed by atoms with Gasteiger partial charge in [0.15, 0.2) is 0 Å². The largest absolute Gasteiger partial charge is 0.325 e. The Morgan fingerprint density at radius 3 is 2.73 bits per heavy atom. The Labute approximate surface area is 181 Å². The summed E-state index contributed by atoms with van der Waals surface area (Å²) in [4.78, 5) is 32.3. The summed E-state index contributed by atoms with van der Waals surface area (Å²) in [7, 11) is 0. The maximum atomic E-state index is 13.2. The van der Waals surface area contributed by atoms with Crippen LogP contribution in [0, 0.1) is 25.2 Å². The van der Waals surface area contributed by atoms with Gasteiger partial charge in [0, 0.05) is 10.6 Å². The summed E-state index contributed by atoms with van der Waals surface area (Å²) in [6.45, 7) is 10.9. The number of nitrogens with one attached hydrogen (secondary N) is 1. The number of hydrogen-bond acceptors (Lipinski definition) is 4. The lowest BCUT2D eigenvalue weighted by atomic mass is 9.72. The molecule has 0 unspecified atom stereocenters. The van der Waals surface area contributed by atoms with Crippen molar-refractivity contribution in [2.75, 3.05) is 5.32 Å². The van der Waals surface area contributed by atoms with Crippen LogP contribution in [0.3, 0.4) is 0 Å². The zero-order chi connectivity index (χ0) is 21.6.